The number of nitrogen functional groups attached to an aromatic ring is 1. The number of halogens is 2. The van der Waals surface area contributed by atoms with E-state index in [0.717, 1.165) is 12.1 Å². The summed E-state index contributed by atoms with van der Waals surface area (Å²) >= 11 is 0. The molecule has 2 rings (SSSR count). The predicted octanol–water partition coefficient (Wildman–Crippen LogP) is 0.818. The van der Waals surface area contributed by atoms with Gasteiger partial charge in [0.1, 0.15) is 5.82 Å². The van der Waals surface area contributed by atoms with E-state index in [1.165, 1.54) is 0 Å². The average Bonchev–Trinajstić information content (AvgIpc) is 2.41. The number of nitrogens with one attached hydrogen (secondary N) is 1. The number of hydrogen-bond acceptors (Lipinski definition) is 4. The first-order valence-corrected chi connectivity index (χ1v) is 6.24. The second-order valence-electron chi connectivity index (χ2n) is 4.88. The maximum absolute atomic E-state index is 13.7. The summed E-state index contributed by atoms with van der Waals surface area (Å²) in [5, 5.41) is 12.6. The molecule has 4 N–H and O–H groups in total. The summed E-state index contributed by atoms with van der Waals surface area (Å²) in [4.78, 5) is 11.8. The molecule has 20 heavy (non-hydrogen) atoms. The lowest BCUT2D eigenvalue weighted by Crippen LogP contribution is -2.46. The van der Waals surface area contributed by atoms with Gasteiger partial charge < -0.3 is 20.9 Å². The molecule has 5 nitrogen and oxygen atoms in total. The molecule has 1 aromatic carbocycles. The van der Waals surface area contributed by atoms with Gasteiger partial charge in [-0.3, -0.25) is 4.79 Å². The maximum atomic E-state index is 13.7. The van der Waals surface area contributed by atoms with Gasteiger partial charge in [0.25, 0.3) is 5.91 Å². The van der Waals surface area contributed by atoms with Crippen LogP contribution < -0.4 is 11.1 Å². The van der Waals surface area contributed by atoms with Gasteiger partial charge in [0.2, 0.25) is 0 Å². The molecular weight excluding hydrogens is 270 g/mol. The first-order chi connectivity index (χ1) is 9.41. The second kappa shape index (κ2) is 5.72. The van der Waals surface area contributed by atoms with E-state index in [1.807, 2.05) is 0 Å². The normalized spacial score (nSPS) is 17.8. The Morgan fingerprint density at radius 1 is 1.40 bits per heavy atom. The summed E-state index contributed by atoms with van der Waals surface area (Å²) in [6.07, 6.45) is 0.752. The smallest absolute Gasteiger partial charge is 0.254 e. The Morgan fingerprint density at radius 3 is 2.70 bits per heavy atom. The molecule has 0 aliphatic carbocycles. The van der Waals surface area contributed by atoms with Gasteiger partial charge in [-0.15, -0.1) is 0 Å². The Hall–Kier alpha value is -1.73. The lowest BCUT2D eigenvalue weighted by Gasteiger charge is -2.32. The van der Waals surface area contributed by atoms with Crippen molar-refractivity contribution in [3.63, 3.8) is 0 Å². The highest BCUT2D eigenvalue weighted by Gasteiger charge is 2.30. The molecule has 0 radical (unpaired) electrons. The zero-order valence-corrected chi connectivity index (χ0v) is 10.8. The quantitative estimate of drug-likeness (QED) is 0.718. The van der Waals surface area contributed by atoms with E-state index in [4.69, 9.17) is 10.5 Å². The third kappa shape index (κ3) is 3.23. The van der Waals surface area contributed by atoms with Gasteiger partial charge in [-0.1, -0.05) is 0 Å². The number of ether oxygens (including phenoxy) is 1. The van der Waals surface area contributed by atoms with E-state index in [1.54, 1.807) is 0 Å². The van der Waals surface area contributed by atoms with Gasteiger partial charge in [-0.25, -0.2) is 8.78 Å². The third-order valence-corrected chi connectivity index (χ3v) is 3.31. The number of carbonyl (C=O) groups excluding carboxylic acids is 1. The molecule has 7 heteroatoms. The summed E-state index contributed by atoms with van der Waals surface area (Å²) in [5.74, 6) is -2.57. The van der Waals surface area contributed by atoms with Crippen LogP contribution >= 0.6 is 0 Å². The molecule has 0 spiro atoms. The number of hydrogen-bond donors (Lipinski definition) is 3. The van der Waals surface area contributed by atoms with Crippen molar-refractivity contribution in [1.82, 2.24) is 5.32 Å². The molecule has 110 valence electrons. The van der Waals surface area contributed by atoms with Crippen LogP contribution in [-0.4, -0.2) is 36.4 Å². The maximum Gasteiger partial charge on any atom is 0.254 e. The number of benzene rings is 1. The van der Waals surface area contributed by atoms with Crippen molar-refractivity contribution in [3.05, 3.63) is 29.3 Å². The predicted molar refractivity (Wildman–Crippen MR) is 68.1 cm³/mol. The fraction of sp³-hybridized carbons (Fsp3) is 0.462. The molecule has 0 aromatic heterocycles. The molecule has 0 saturated carbocycles. The highest BCUT2D eigenvalue weighted by Crippen LogP contribution is 2.20. The fourth-order valence-corrected chi connectivity index (χ4v) is 2.04. The van der Waals surface area contributed by atoms with Crippen LogP contribution in [0.15, 0.2) is 12.1 Å². The summed E-state index contributed by atoms with van der Waals surface area (Å²) in [6, 6.07) is 1.58. The van der Waals surface area contributed by atoms with Crippen LogP contribution in [0, 0.1) is 11.6 Å². The monoisotopic (exact) mass is 286 g/mol. The van der Waals surface area contributed by atoms with Crippen LogP contribution in [0.3, 0.4) is 0 Å². The van der Waals surface area contributed by atoms with Crippen molar-refractivity contribution in [1.29, 1.82) is 0 Å². The van der Waals surface area contributed by atoms with E-state index in [-0.39, 0.29) is 6.54 Å². The Morgan fingerprint density at radius 2 is 2.05 bits per heavy atom. The Kier molecular flexibility index (Phi) is 4.20. The molecule has 0 unspecified atom stereocenters. The van der Waals surface area contributed by atoms with Gasteiger partial charge in [-0.05, 0) is 12.1 Å². The second-order valence-corrected chi connectivity index (χ2v) is 4.88. The van der Waals surface area contributed by atoms with Crippen LogP contribution in [0.25, 0.3) is 0 Å². The van der Waals surface area contributed by atoms with Crippen LogP contribution in [0.5, 0.6) is 0 Å². The fourth-order valence-electron chi connectivity index (χ4n) is 2.04. The first kappa shape index (κ1) is 14.7. The topological polar surface area (TPSA) is 84.6 Å². The molecule has 1 amide bonds. The number of amides is 1. The van der Waals surface area contributed by atoms with E-state index in [2.05, 4.69) is 5.32 Å². The number of nitrogens with two attached hydrogens (primary N) is 1. The van der Waals surface area contributed by atoms with Crippen LogP contribution in [0.4, 0.5) is 14.5 Å². The number of aliphatic hydroxyl groups is 1. The SMILES string of the molecule is Nc1cc(F)cc(C(=O)NCC2(O)CCOCC2)c1F. The molecule has 0 atom stereocenters. The minimum atomic E-state index is -1.08. The summed E-state index contributed by atoms with van der Waals surface area (Å²) in [7, 11) is 0. The van der Waals surface area contributed by atoms with Crippen molar-refractivity contribution in [2.75, 3.05) is 25.5 Å². The standard InChI is InChI=1S/C13H16F2N2O3/c14-8-5-9(11(15)10(16)6-8)12(18)17-7-13(19)1-3-20-4-2-13/h5-6,19H,1-4,7,16H2,(H,17,18). The van der Waals surface area contributed by atoms with Gasteiger partial charge in [-0.2, -0.15) is 0 Å². The summed E-state index contributed by atoms with van der Waals surface area (Å²) < 4.78 is 31.9. The minimum absolute atomic E-state index is 0.0505. The van der Waals surface area contributed by atoms with Gasteiger partial charge >= 0.3 is 0 Å². The van der Waals surface area contributed by atoms with E-state index in [0.29, 0.717) is 26.1 Å². The van der Waals surface area contributed by atoms with Crippen molar-refractivity contribution < 1.29 is 23.4 Å². The summed E-state index contributed by atoms with van der Waals surface area (Å²) in [5.41, 5.74) is 3.28. The molecule has 1 aliphatic rings. The molecule has 1 fully saturated rings. The average molecular weight is 286 g/mol. The number of rotatable bonds is 3. The van der Waals surface area contributed by atoms with Crippen LogP contribution in [0.1, 0.15) is 23.2 Å². The van der Waals surface area contributed by atoms with Crippen molar-refractivity contribution in [3.8, 4) is 0 Å². The largest absolute Gasteiger partial charge is 0.396 e. The van der Waals surface area contributed by atoms with Crippen LogP contribution in [-0.2, 0) is 4.74 Å². The van der Waals surface area contributed by atoms with Crippen LogP contribution in [0.2, 0.25) is 0 Å². The zero-order chi connectivity index (χ0) is 14.8. The molecule has 1 aliphatic heterocycles. The Balaban J connectivity index is 2.05. The lowest BCUT2D eigenvalue weighted by atomic mass is 9.94. The summed E-state index contributed by atoms with van der Waals surface area (Å²) in [6.45, 7) is 0.742. The van der Waals surface area contributed by atoms with Crippen molar-refractivity contribution in [2.24, 2.45) is 0 Å². The molecule has 1 aromatic rings. The number of carbonyl (C=O) groups is 1. The zero-order valence-electron chi connectivity index (χ0n) is 10.8. The van der Waals surface area contributed by atoms with E-state index in [9.17, 15) is 18.7 Å². The van der Waals surface area contributed by atoms with E-state index < -0.39 is 34.4 Å². The van der Waals surface area contributed by atoms with Gasteiger partial charge in [0.05, 0.1) is 16.9 Å². The minimum Gasteiger partial charge on any atom is -0.396 e. The van der Waals surface area contributed by atoms with Crippen molar-refractivity contribution >= 4 is 11.6 Å². The Labute approximate surface area is 114 Å². The highest BCUT2D eigenvalue weighted by molar-refractivity contribution is 5.95. The highest BCUT2D eigenvalue weighted by atomic mass is 19.1. The first-order valence-electron chi connectivity index (χ1n) is 6.24. The lowest BCUT2D eigenvalue weighted by molar-refractivity contribution is -0.0605. The molecular formula is C13H16F2N2O3. The molecule has 1 heterocycles. The molecule has 0 bridgehead atoms. The Bertz CT molecular complexity index is 517. The van der Waals surface area contributed by atoms with Gasteiger partial charge in [0.15, 0.2) is 5.82 Å². The third-order valence-electron chi connectivity index (χ3n) is 3.31. The van der Waals surface area contributed by atoms with Crippen molar-refractivity contribution in [2.45, 2.75) is 18.4 Å². The van der Waals surface area contributed by atoms with E-state index >= 15 is 0 Å². The number of anilines is 1. The van der Waals surface area contributed by atoms with Gasteiger partial charge in [0, 0.05) is 32.6 Å². The molecule has 1 saturated heterocycles.